The van der Waals surface area contributed by atoms with Crippen molar-refractivity contribution in [2.75, 3.05) is 5.88 Å². The largest absolute Gasteiger partial charge is 0.294 e. The van der Waals surface area contributed by atoms with Crippen molar-refractivity contribution in [3.63, 3.8) is 0 Å². The van der Waals surface area contributed by atoms with Gasteiger partial charge in [-0.15, -0.1) is 11.6 Å². The minimum Gasteiger partial charge on any atom is -0.294 e. The quantitative estimate of drug-likeness (QED) is 0.336. The van der Waals surface area contributed by atoms with E-state index in [0.29, 0.717) is 24.3 Å². The van der Waals surface area contributed by atoms with Crippen LogP contribution in [0.5, 0.6) is 0 Å². The van der Waals surface area contributed by atoms with E-state index in [1.807, 2.05) is 0 Å². The van der Waals surface area contributed by atoms with Gasteiger partial charge in [0.15, 0.2) is 5.78 Å². The first-order valence-electron chi connectivity index (χ1n) is 4.49. The first kappa shape index (κ1) is 11.7. The van der Waals surface area contributed by atoms with Gasteiger partial charge in [0.2, 0.25) is 0 Å². The molecule has 0 fully saturated rings. The molecule has 0 N–H and O–H groups in total. The molecule has 0 amide bonds. The lowest BCUT2D eigenvalue weighted by molar-refractivity contribution is -0.384. The Hall–Kier alpha value is -1.42. The molecule has 80 valence electrons. The first-order valence-corrected chi connectivity index (χ1v) is 5.02. The van der Waals surface area contributed by atoms with Crippen LogP contribution in [-0.2, 0) is 0 Å². The molecule has 0 radical (unpaired) electrons. The number of ketones is 1. The monoisotopic (exact) mass is 227 g/mol. The number of nitrogens with zero attached hydrogens (tertiary/aromatic N) is 1. The Morgan fingerprint density at radius 2 is 2.20 bits per heavy atom. The van der Waals surface area contributed by atoms with Gasteiger partial charge in [-0.1, -0.05) is 12.1 Å². The van der Waals surface area contributed by atoms with Gasteiger partial charge in [0.05, 0.1) is 4.92 Å². The summed E-state index contributed by atoms with van der Waals surface area (Å²) in [6, 6.07) is 5.73. The van der Waals surface area contributed by atoms with Crippen molar-refractivity contribution in [2.45, 2.75) is 12.8 Å². The van der Waals surface area contributed by atoms with E-state index >= 15 is 0 Å². The summed E-state index contributed by atoms with van der Waals surface area (Å²) in [5.74, 6) is 0.306. The van der Waals surface area contributed by atoms with Gasteiger partial charge in [-0.2, -0.15) is 0 Å². The van der Waals surface area contributed by atoms with Crippen LogP contribution in [0.3, 0.4) is 0 Å². The van der Waals surface area contributed by atoms with Crippen LogP contribution in [0.25, 0.3) is 0 Å². The number of nitro groups is 1. The Morgan fingerprint density at radius 1 is 1.47 bits per heavy atom. The second-order valence-corrected chi connectivity index (χ2v) is 3.40. The average Bonchev–Trinajstić information content (AvgIpc) is 2.26. The molecule has 4 nitrogen and oxygen atoms in total. The minimum atomic E-state index is -0.516. The van der Waals surface area contributed by atoms with E-state index in [2.05, 4.69) is 0 Å². The number of carbonyl (C=O) groups is 1. The van der Waals surface area contributed by atoms with Crippen molar-refractivity contribution in [3.05, 3.63) is 39.9 Å². The molecule has 0 saturated carbocycles. The summed E-state index contributed by atoms with van der Waals surface area (Å²) in [6.45, 7) is 0. The summed E-state index contributed by atoms with van der Waals surface area (Å²) in [4.78, 5) is 21.4. The van der Waals surface area contributed by atoms with Crippen LogP contribution in [0, 0.1) is 10.1 Å². The van der Waals surface area contributed by atoms with Crippen molar-refractivity contribution in [1.29, 1.82) is 0 Å². The highest BCUT2D eigenvalue weighted by Gasteiger charge is 2.10. The van der Waals surface area contributed by atoms with Gasteiger partial charge in [0, 0.05) is 30.0 Å². The summed E-state index contributed by atoms with van der Waals surface area (Å²) < 4.78 is 0. The number of hydrogen-bond acceptors (Lipinski definition) is 3. The van der Waals surface area contributed by atoms with Gasteiger partial charge in [0.1, 0.15) is 0 Å². The summed E-state index contributed by atoms with van der Waals surface area (Å²) in [5.41, 5.74) is 0.307. The van der Waals surface area contributed by atoms with Crippen LogP contribution in [0.15, 0.2) is 24.3 Å². The molecule has 0 aromatic heterocycles. The predicted octanol–water partition coefficient (Wildman–Crippen LogP) is 2.80. The molecule has 0 bridgehead atoms. The van der Waals surface area contributed by atoms with Crippen molar-refractivity contribution >= 4 is 23.1 Å². The molecule has 0 aliphatic rings. The molecule has 0 spiro atoms. The summed E-state index contributed by atoms with van der Waals surface area (Å²) in [7, 11) is 0. The topological polar surface area (TPSA) is 60.2 Å². The van der Waals surface area contributed by atoms with Crippen LogP contribution in [0.2, 0.25) is 0 Å². The van der Waals surface area contributed by atoms with E-state index in [9.17, 15) is 14.9 Å². The van der Waals surface area contributed by atoms with E-state index in [-0.39, 0.29) is 11.5 Å². The second-order valence-electron chi connectivity index (χ2n) is 3.02. The molecule has 0 saturated heterocycles. The summed E-state index contributed by atoms with van der Waals surface area (Å²) >= 11 is 5.45. The van der Waals surface area contributed by atoms with Crippen LogP contribution in [0.1, 0.15) is 23.2 Å². The van der Waals surface area contributed by atoms with Gasteiger partial charge in [0.25, 0.3) is 5.69 Å². The zero-order valence-electron chi connectivity index (χ0n) is 7.98. The van der Waals surface area contributed by atoms with Crippen molar-refractivity contribution in [2.24, 2.45) is 0 Å². The van der Waals surface area contributed by atoms with Crippen LogP contribution in [-0.4, -0.2) is 16.6 Å². The third-order valence-electron chi connectivity index (χ3n) is 1.92. The number of alkyl halides is 1. The van der Waals surface area contributed by atoms with Crippen LogP contribution < -0.4 is 0 Å². The van der Waals surface area contributed by atoms with E-state index < -0.39 is 4.92 Å². The van der Waals surface area contributed by atoms with E-state index in [1.54, 1.807) is 6.07 Å². The highest BCUT2D eigenvalue weighted by Crippen LogP contribution is 2.15. The Kier molecular flexibility index (Phi) is 4.24. The molecule has 1 aromatic carbocycles. The molecule has 0 aliphatic heterocycles. The van der Waals surface area contributed by atoms with Gasteiger partial charge in [-0.3, -0.25) is 14.9 Å². The minimum absolute atomic E-state index is 0.0632. The Balaban J connectivity index is 2.81. The predicted molar refractivity (Wildman–Crippen MR) is 57.4 cm³/mol. The molecule has 0 unspecified atom stereocenters. The van der Waals surface area contributed by atoms with E-state index in [4.69, 9.17) is 11.6 Å². The molecule has 1 aromatic rings. The fourth-order valence-electron chi connectivity index (χ4n) is 1.16. The fourth-order valence-corrected chi connectivity index (χ4v) is 1.30. The molecule has 5 heteroatoms. The zero-order valence-corrected chi connectivity index (χ0v) is 8.74. The molecular weight excluding hydrogens is 218 g/mol. The lowest BCUT2D eigenvalue weighted by Crippen LogP contribution is -2.00. The maximum atomic E-state index is 11.5. The number of rotatable bonds is 5. The zero-order chi connectivity index (χ0) is 11.3. The van der Waals surface area contributed by atoms with Crippen molar-refractivity contribution in [3.8, 4) is 0 Å². The molecule has 0 aliphatic carbocycles. The van der Waals surface area contributed by atoms with Gasteiger partial charge in [-0.05, 0) is 6.42 Å². The van der Waals surface area contributed by atoms with Crippen molar-refractivity contribution in [1.82, 2.24) is 0 Å². The standard InChI is InChI=1S/C10H10ClNO3/c11-6-2-5-10(13)8-3-1-4-9(7-8)12(14)15/h1,3-4,7H,2,5-6H2. The number of hydrogen-bond donors (Lipinski definition) is 0. The van der Waals surface area contributed by atoms with Gasteiger partial charge >= 0.3 is 0 Å². The maximum Gasteiger partial charge on any atom is 0.270 e. The maximum absolute atomic E-state index is 11.5. The number of benzene rings is 1. The number of carbonyl (C=O) groups excluding carboxylic acids is 1. The number of halogens is 1. The highest BCUT2D eigenvalue weighted by atomic mass is 35.5. The Labute approximate surface area is 92.0 Å². The second kappa shape index (κ2) is 5.46. The van der Waals surface area contributed by atoms with Gasteiger partial charge in [-0.25, -0.2) is 0 Å². The smallest absolute Gasteiger partial charge is 0.270 e. The summed E-state index contributed by atoms with van der Waals surface area (Å²) in [5, 5.41) is 10.5. The lowest BCUT2D eigenvalue weighted by atomic mass is 10.1. The normalized spacial score (nSPS) is 9.93. The van der Waals surface area contributed by atoms with Crippen molar-refractivity contribution < 1.29 is 9.72 Å². The Morgan fingerprint density at radius 3 is 2.80 bits per heavy atom. The van der Waals surface area contributed by atoms with Crippen LogP contribution in [0.4, 0.5) is 5.69 Å². The fraction of sp³-hybridized carbons (Fsp3) is 0.300. The number of Topliss-reactive ketones (excluding diaryl/α,β-unsaturated/α-hetero) is 1. The average molecular weight is 228 g/mol. The highest BCUT2D eigenvalue weighted by molar-refractivity contribution is 6.18. The molecule has 1 rings (SSSR count). The third kappa shape index (κ3) is 3.32. The van der Waals surface area contributed by atoms with E-state index in [1.165, 1.54) is 18.2 Å². The lowest BCUT2D eigenvalue weighted by Gasteiger charge is -1.99. The van der Waals surface area contributed by atoms with Crippen LogP contribution >= 0.6 is 11.6 Å². The van der Waals surface area contributed by atoms with Gasteiger partial charge < -0.3 is 0 Å². The Bertz CT molecular complexity index is 379. The third-order valence-corrected chi connectivity index (χ3v) is 2.18. The molecule has 0 heterocycles. The van der Waals surface area contributed by atoms with E-state index in [0.717, 1.165) is 0 Å². The number of non-ortho nitro benzene ring substituents is 1. The SMILES string of the molecule is O=C(CCCCl)c1cccc([N+](=O)[O-])c1. The first-order chi connectivity index (χ1) is 7.15. The summed E-state index contributed by atoms with van der Waals surface area (Å²) in [6.07, 6.45) is 0.910. The molecular formula is C10H10ClNO3. The molecule has 0 atom stereocenters. The number of nitro benzene ring substituents is 1. The molecule has 15 heavy (non-hydrogen) atoms.